The molecule has 0 N–H and O–H groups in total. The molecule has 0 aromatic heterocycles. The van der Waals surface area contributed by atoms with Gasteiger partial charge in [-0.05, 0) is 0 Å². The Hall–Kier alpha value is 0.820. The van der Waals surface area contributed by atoms with Crippen LogP contribution in [0.15, 0.2) is 0 Å². The van der Waals surface area contributed by atoms with E-state index in [0.717, 1.165) is 0 Å². The van der Waals surface area contributed by atoms with Crippen molar-refractivity contribution in [1.82, 2.24) is 0 Å². The zero-order valence-electron chi connectivity index (χ0n) is 9.86. The molecule has 0 aromatic carbocycles. The predicted octanol–water partition coefficient (Wildman–Crippen LogP) is 1.91. The molecule has 0 unspecified atom stereocenters. The second-order valence-corrected chi connectivity index (χ2v) is 8.89. The summed E-state index contributed by atoms with van der Waals surface area (Å²) in [6.45, 7) is 0. The lowest BCUT2D eigenvalue weighted by atomic mass is 9.78. The molecule has 0 amide bonds. The Bertz CT molecular complexity index is 394. The van der Waals surface area contributed by atoms with Crippen molar-refractivity contribution in [3.05, 3.63) is 0 Å². The van der Waals surface area contributed by atoms with E-state index in [2.05, 4.69) is 63.7 Å². The lowest BCUT2D eigenvalue weighted by Crippen LogP contribution is -2.67. The molecule has 2 aliphatic heterocycles. The Morgan fingerprint density at radius 3 is 1.53 bits per heavy atom. The summed E-state index contributed by atoms with van der Waals surface area (Å²) in [5, 5.41) is 0. The lowest BCUT2D eigenvalue weighted by Gasteiger charge is -2.42. The first-order valence-corrected chi connectivity index (χ1v) is 8.66. The van der Waals surface area contributed by atoms with Crippen molar-refractivity contribution in [1.29, 1.82) is 0 Å². The standard InChI is InChI=1S/C10H10Br4O5/c1-17-7(15)9(13)5-3(11)4(12)6(19-5)10(9,14)8(16)18-2/h3-6H,1-2H3/t3-,4+,5-,6+,9-,10-/m0/s1. The number of carbonyl (C=O) groups excluding carboxylic acids is 2. The Morgan fingerprint density at radius 2 is 1.26 bits per heavy atom. The molecule has 2 saturated heterocycles. The molecule has 6 atom stereocenters. The normalized spacial score (nSPS) is 48.1. The van der Waals surface area contributed by atoms with E-state index in [0.29, 0.717) is 0 Å². The Morgan fingerprint density at radius 1 is 0.947 bits per heavy atom. The zero-order chi connectivity index (χ0) is 14.6. The van der Waals surface area contributed by atoms with Gasteiger partial charge in [0.2, 0.25) is 0 Å². The first-order chi connectivity index (χ1) is 8.76. The molecule has 9 heteroatoms. The molecule has 108 valence electrons. The van der Waals surface area contributed by atoms with Gasteiger partial charge in [0, 0.05) is 0 Å². The van der Waals surface area contributed by atoms with Crippen molar-refractivity contribution >= 4 is 75.7 Å². The number of rotatable bonds is 2. The van der Waals surface area contributed by atoms with E-state index >= 15 is 0 Å². The fourth-order valence-electron chi connectivity index (χ4n) is 2.51. The maximum absolute atomic E-state index is 12.2. The number of esters is 2. The average Bonchev–Trinajstić information content (AvgIpc) is 2.83. The molecule has 2 rings (SSSR count). The van der Waals surface area contributed by atoms with Gasteiger partial charge in [0.15, 0.2) is 8.65 Å². The zero-order valence-corrected chi connectivity index (χ0v) is 16.2. The van der Waals surface area contributed by atoms with Gasteiger partial charge in [-0.15, -0.1) is 0 Å². The van der Waals surface area contributed by atoms with Gasteiger partial charge in [-0.2, -0.15) is 0 Å². The first kappa shape index (κ1) is 16.2. The lowest BCUT2D eigenvalue weighted by molar-refractivity contribution is -0.152. The summed E-state index contributed by atoms with van der Waals surface area (Å²) in [7, 11) is 2.52. The molecular weight excluding hydrogens is 520 g/mol. The van der Waals surface area contributed by atoms with E-state index in [1.165, 1.54) is 14.2 Å². The molecule has 2 aliphatic rings. The highest BCUT2D eigenvalue weighted by molar-refractivity contribution is 9.14. The van der Waals surface area contributed by atoms with Crippen LogP contribution >= 0.6 is 63.7 Å². The van der Waals surface area contributed by atoms with Crippen molar-refractivity contribution < 1.29 is 23.8 Å². The van der Waals surface area contributed by atoms with Gasteiger partial charge in [-0.3, -0.25) is 9.59 Å². The third-order valence-corrected chi connectivity index (χ3v) is 9.60. The minimum absolute atomic E-state index is 0.147. The summed E-state index contributed by atoms with van der Waals surface area (Å²) in [5.74, 6) is -1.18. The SMILES string of the molecule is COC(=O)[C@@]1(Br)[C@@H]2O[C@@H]([C@@H](Br)[C@H]2Br)[C@]1(Br)C(=O)OC. The van der Waals surface area contributed by atoms with Crippen molar-refractivity contribution in [3.8, 4) is 0 Å². The van der Waals surface area contributed by atoms with Crippen LogP contribution in [0, 0.1) is 0 Å². The molecule has 0 aliphatic carbocycles. The summed E-state index contributed by atoms with van der Waals surface area (Å²) in [4.78, 5) is 24.1. The van der Waals surface area contributed by atoms with Crippen LogP contribution in [0.25, 0.3) is 0 Å². The van der Waals surface area contributed by atoms with Crippen molar-refractivity contribution in [2.75, 3.05) is 14.2 Å². The van der Waals surface area contributed by atoms with Crippen LogP contribution in [0.5, 0.6) is 0 Å². The second kappa shape index (κ2) is 5.23. The highest BCUT2D eigenvalue weighted by Gasteiger charge is 2.80. The van der Waals surface area contributed by atoms with Crippen LogP contribution in [0.2, 0.25) is 0 Å². The van der Waals surface area contributed by atoms with Crippen molar-refractivity contribution in [3.63, 3.8) is 0 Å². The highest BCUT2D eigenvalue weighted by atomic mass is 79.9. The Kier molecular flexibility index (Phi) is 4.45. The number of ether oxygens (including phenoxy) is 3. The summed E-state index contributed by atoms with van der Waals surface area (Å²) >= 11 is 13.7. The molecule has 2 bridgehead atoms. The molecular formula is C10H10Br4O5. The van der Waals surface area contributed by atoms with Crippen molar-refractivity contribution in [2.24, 2.45) is 0 Å². The quantitative estimate of drug-likeness (QED) is 0.404. The number of methoxy groups -OCH3 is 2. The van der Waals surface area contributed by atoms with Crippen LogP contribution in [0.1, 0.15) is 0 Å². The fraction of sp³-hybridized carbons (Fsp3) is 0.800. The molecule has 0 spiro atoms. The number of halogens is 4. The van der Waals surface area contributed by atoms with Crippen LogP contribution in [-0.4, -0.2) is 56.7 Å². The maximum Gasteiger partial charge on any atom is 0.327 e. The Balaban J connectivity index is 2.56. The van der Waals surface area contributed by atoms with Crippen LogP contribution in [-0.2, 0) is 23.8 Å². The number of hydrogen-bond donors (Lipinski definition) is 0. The van der Waals surface area contributed by atoms with Gasteiger partial charge in [0.05, 0.1) is 36.1 Å². The van der Waals surface area contributed by atoms with E-state index in [9.17, 15) is 9.59 Å². The van der Waals surface area contributed by atoms with Gasteiger partial charge >= 0.3 is 11.9 Å². The predicted molar refractivity (Wildman–Crippen MR) is 81.4 cm³/mol. The smallest absolute Gasteiger partial charge is 0.327 e. The van der Waals surface area contributed by atoms with E-state index in [1.807, 2.05) is 0 Å². The summed E-state index contributed by atoms with van der Waals surface area (Å²) in [5.41, 5.74) is 0. The van der Waals surface area contributed by atoms with E-state index < -0.39 is 32.8 Å². The van der Waals surface area contributed by atoms with Gasteiger partial charge in [-0.1, -0.05) is 63.7 Å². The van der Waals surface area contributed by atoms with Gasteiger partial charge in [0.25, 0.3) is 0 Å². The van der Waals surface area contributed by atoms with Gasteiger partial charge in [-0.25, -0.2) is 0 Å². The summed E-state index contributed by atoms with van der Waals surface area (Å²) in [6, 6.07) is 0. The molecule has 0 saturated carbocycles. The number of alkyl halides is 4. The third-order valence-electron chi connectivity index (χ3n) is 3.45. The summed E-state index contributed by atoms with van der Waals surface area (Å²) in [6.07, 6.45) is -1.15. The fourth-order valence-corrected chi connectivity index (χ4v) is 6.70. The molecule has 0 aromatic rings. The topological polar surface area (TPSA) is 61.8 Å². The van der Waals surface area contributed by atoms with E-state index in [-0.39, 0.29) is 9.65 Å². The molecule has 2 heterocycles. The molecule has 0 radical (unpaired) electrons. The van der Waals surface area contributed by atoms with E-state index in [1.54, 1.807) is 0 Å². The minimum Gasteiger partial charge on any atom is -0.468 e. The van der Waals surface area contributed by atoms with E-state index in [4.69, 9.17) is 14.2 Å². The monoisotopic (exact) mass is 526 g/mol. The van der Waals surface area contributed by atoms with Crippen LogP contribution in [0.3, 0.4) is 0 Å². The highest BCUT2D eigenvalue weighted by Crippen LogP contribution is 2.61. The third kappa shape index (κ3) is 1.84. The van der Waals surface area contributed by atoms with Crippen LogP contribution < -0.4 is 0 Å². The molecule has 5 nitrogen and oxygen atoms in total. The number of carbonyl (C=O) groups is 2. The van der Waals surface area contributed by atoms with Crippen molar-refractivity contribution in [2.45, 2.75) is 30.5 Å². The van der Waals surface area contributed by atoms with Crippen LogP contribution in [0.4, 0.5) is 0 Å². The largest absolute Gasteiger partial charge is 0.468 e. The summed E-state index contributed by atoms with van der Waals surface area (Å²) < 4.78 is 12.7. The number of hydrogen-bond acceptors (Lipinski definition) is 5. The maximum atomic E-state index is 12.2. The minimum atomic E-state index is -1.36. The number of fused-ring (bicyclic) bond motifs is 2. The molecule has 19 heavy (non-hydrogen) atoms. The second-order valence-electron chi connectivity index (χ2n) is 4.27. The van der Waals surface area contributed by atoms with Gasteiger partial charge in [0.1, 0.15) is 0 Å². The Labute approximate surface area is 143 Å². The molecule has 2 fully saturated rings. The first-order valence-electron chi connectivity index (χ1n) is 5.25. The van der Waals surface area contributed by atoms with Gasteiger partial charge < -0.3 is 14.2 Å². The average molecular weight is 530 g/mol.